The van der Waals surface area contributed by atoms with E-state index in [1.165, 1.54) is 0 Å². The lowest BCUT2D eigenvalue weighted by Gasteiger charge is -2.01. The predicted molar refractivity (Wildman–Crippen MR) is 46.2 cm³/mol. The van der Waals surface area contributed by atoms with Gasteiger partial charge in [-0.1, -0.05) is 18.2 Å². The SMILES string of the molecule is O=C1Cc2ccccc2N[C]=N1. The molecular weight excluding hydrogens is 152 g/mol. The highest BCUT2D eigenvalue weighted by Gasteiger charge is 2.08. The fourth-order valence-electron chi connectivity index (χ4n) is 1.15. The lowest BCUT2D eigenvalue weighted by Crippen LogP contribution is -1.96. The minimum Gasteiger partial charge on any atom is -0.337 e. The summed E-state index contributed by atoms with van der Waals surface area (Å²) in [6, 6.07) is 7.61. The number of rotatable bonds is 0. The monoisotopic (exact) mass is 159 g/mol. The van der Waals surface area contributed by atoms with Crippen molar-refractivity contribution in [3.63, 3.8) is 0 Å². The molecule has 3 heteroatoms. The number of anilines is 1. The standard InChI is InChI=1S/C9H7N2O/c12-9-5-7-3-1-2-4-8(7)10-6-11-9/h1-4H,5H2,(H,10,11,12). The van der Waals surface area contributed by atoms with E-state index >= 15 is 0 Å². The molecule has 1 N–H and O–H groups in total. The Bertz CT molecular complexity index is 344. The molecule has 12 heavy (non-hydrogen) atoms. The fourth-order valence-corrected chi connectivity index (χ4v) is 1.15. The van der Waals surface area contributed by atoms with Gasteiger partial charge in [-0.3, -0.25) is 4.79 Å². The van der Waals surface area contributed by atoms with E-state index < -0.39 is 0 Å². The first-order chi connectivity index (χ1) is 5.86. The van der Waals surface area contributed by atoms with Gasteiger partial charge in [-0.15, -0.1) is 0 Å². The molecule has 59 valence electrons. The first-order valence-corrected chi connectivity index (χ1v) is 3.69. The molecule has 0 unspecified atom stereocenters. The van der Waals surface area contributed by atoms with Crippen LogP contribution < -0.4 is 5.32 Å². The molecule has 0 saturated heterocycles. The second kappa shape index (κ2) is 2.77. The van der Waals surface area contributed by atoms with Crippen molar-refractivity contribution in [3.05, 3.63) is 29.8 Å². The maximum atomic E-state index is 11.0. The molecule has 0 aliphatic carbocycles. The quantitative estimate of drug-likeness (QED) is 0.615. The molecule has 0 spiro atoms. The normalized spacial score (nSPS) is 14.8. The molecular formula is C9H7N2O. The second-order valence-electron chi connectivity index (χ2n) is 2.58. The molecule has 0 saturated carbocycles. The summed E-state index contributed by atoms with van der Waals surface area (Å²) in [4.78, 5) is 14.5. The molecule has 1 aromatic carbocycles. The zero-order chi connectivity index (χ0) is 8.39. The number of carbonyl (C=O) groups excluding carboxylic acids is 1. The Hall–Kier alpha value is -1.64. The molecule has 0 atom stereocenters. The molecule has 0 aromatic heterocycles. The Labute approximate surface area is 70.1 Å². The predicted octanol–water partition coefficient (Wildman–Crippen LogP) is 1.09. The Kier molecular flexibility index (Phi) is 1.63. The van der Waals surface area contributed by atoms with Gasteiger partial charge in [0.25, 0.3) is 5.91 Å². The number of hydrogen-bond acceptors (Lipinski definition) is 2. The molecule has 0 fully saturated rings. The van der Waals surface area contributed by atoms with Crippen LogP contribution in [0.4, 0.5) is 5.69 Å². The van der Waals surface area contributed by atoms with E-state index in [-0.39, 0.29) is 5.91 Å². The third-order valence-corrected chi connectivity index (χ3v) is 1.73. The highest BCUT2D eigenvalue weighted by molar-refractivity contribution is 5.94. The van der Waals surface area contributed by atoms with Crippen LogP contribution in [-0.4, -0.2) is 12.2 Å². The van der Waals surface area contributed by atoms with E-state index in [1.54, 1.807) is 0 Å². The van der Waals surface area contributed by atoms with Crippen LogP contribution >= 0.6 is 0 Å². The van der Waals surface area contributed by atoms with Gasteiger partial charge in [0.2, 0.25) is 0 Å². The third-order valence-electron chi connectivity index (χ3n) is 1.73. The summed E-state index contributed by atoms with van der Waals surface area (Å²) < 4.78 is 0. The second-order valence-corrected chi connectivity index (χ2v) is 2.58. The Balaban J connectivity index is 2.44. The minimum atomic E-state index is -0.160. The van der Waals surface area contributed by atoms with Crippen molar-refractivity contribution < 1.29 is 4.79 Å². The van der Waals surface area contributed by atoms with E-state index in [2.05, 4.69) is 16.6 Å². The Morgan fingerprint density at radius 3 is 3.17 bits per heavy atom. The van der Waals surface area contributed by atoms with Gasteiger partial charge < -0.3 is 5.32 Å². The van der Waals surface area contributed by atoms with Crippen LogP contribution in [0.5, 0.6) is 0 Å². The zero-order valence-corrected chi connectivity index (χ0v) is 6.37. The van der Waals surface area contributed by atoms with Crippen molar-refractivity contribution in [3.8, 4) is 0 Å². The number of nitrogens with zero attached hydrogens (tertiary/aromatic N) is 1. The summed E-state index contributed by atoms with van der Waals surface area (Å²) in [6.07, 6.45) is 2.84. The summed E-state index contributed by atoms with van der Waals surface area (Å²) in [5.74, 6) is -0.160. The number of benzene rings is 1. The number of carbonyl (C=O) groups is 1. The van der Waals surface area contributed by atoms with Crippen molar-refractivity contribution in [1.29, 1.82) is 0 Å². The fraction of sp³-hybridized carbons (Fsp3) is 0.111. The van der Waals surface area contributed by atoms with Crippen molar-refractivity contribution in [2.24, 2.45) is 4.99 Å². The maximum absolute atomic E-state index is 11.0. The van der Waals surface area contributed by atoms with Gasteiger partial charge in [-0.25, -0.2) is 0 Å². The van der Waals surface area contributed by atoms with E-state index in [0.717, 1.165) is 11.3 Å². The minimum absolute atomic E-state index is 0.160. The molecule has 1 amide bonds. The Morgan fingerprint density at radius 2 is 2.25 bits per heavy atom. The number of para-hydroxylation sites is 1. The number of amides is 1. The molecule has 0 bridgehead atoms. The van der Waals surface area contributed by atoms with Gasteiger partial charge in [-0.05, 0) is 11.6 Å². The van der Waals surface area contributed by atoms with Gasteiger partial charge in [-0.2, -0.15) is 4.99 Å². The maximum Gasteiger partial charge on any atom is 0.252 e. The molecule has 3 nitrogen and oxygen atoms in total. The number of aliphatic imine (C=N–C) groups is 1. The average Bonchev–Trinajstić information content (AvgIpc) is 2.25. The number of hydrogen-bond donors (Lipinski definition) is 1. The molecule has 1 radical (unpaired) electrons. The molecule has 1 aliphatic heterocycles. The van der Waals surface area contributed by atoms with Crippen molar-refractivity contribution in [2.45, 2.75) is 6.42 Å². The number of nitrogens with one attached hydrogen (secondary N) is 1. The van der Waals surface area contributed by atoms with Crippen LogP contribution in [0.1, 0.15) is 5.56 Å². The molecule has 1 aromatic rings. The van der Waals surface area contributed by atoms with Crippen LogP contribution in [-0.2, 0) is 11.2 Å². The van der Waals surface area contributed by atoms with E-state index in [0.29, 0.717) is 6.42 Å². The van der Waals surface area contributed by atoms with Crippen molar-refractivity contribution in [2.75, 3.05) is 5.32 Å². The molecule has 1 heterocycles. The lowest BCUT2D eigenvalue weighted by molar-refractivity contribution is -0.117. The summed E-state index contributed by atoms with van der Waals surface area (Å²) in [5, 5.41) is 2.82. The van der Waals surface area contributed by atoms with E-state index in [9.17, 15) is 4.79 Å². The van der Waals surface area contributed by atoms with E-state index in [1.807, 2.05) is 24.3 Å². The van der Waals surface area contributed by atoms with Crippen LogP contribution in [0.3, 0.4) is 0 Å². The Morgan fingerprint density at radius 1 is 1.42 bits per heavy atom. The molecule has 2 rings (SSSR count). The smallest absolute Gasteiger partial charge is 0.252 e. The molecule has 1 aliphatic rings. The largest absolute Gasteiger partial charge is 0.337 e. The lowest BCUT2D eigenvalue weighted by atomic mass is 10.1. The van der Waals surface area contributed by atoms with Gasteiger partial charge in [0.1, 0.15) is 0 Å². The van der Waals surface area contributed by atoms with Crippen LogP contribution in [0, 0.1) is 0 Å². The van der Waals surface area contributed by atoms with Crippen molar-refractivity contribution in [1.82, 2.24) is 0 Å². The summed E-state index contributed by atoms with van der Waals surface area (Å²) in [7, 11) is 0. The van der Waals surface area contributed by atoms with Gasteiger partial charge in [0.15, 0.2) is 6.34 Å². The summed E-state index contributed by atoms with van der Waals surface area (Å²) >= 11 is 0. The van der Waals surface area contributed by atoms with Gasteiger partial charge in [0.05, 0.1) is 6.42 Å². The highest BCUT2D eigenvalue weighted by Crippen LogP contribution is 2.16. The van der Waals surface area contributed by atoms with Crippen LogP contribution in [0.2, 0.25) is 0 Å². The summed E-state index contributed by atoms with van der Waals surface area (Å²) in [5.41, 5.74) is 1.88. The van der Waals surface area contributed by atoms with Crippen LogP contribution in [0.25, 0.3) is 0 Å². The third kappa shape index (κ3) is 1.21. The summed E-state index contributed by atoms with van der Waals surface area (Å²) in [6.45, 7) is 0. The van der Waals surface area contributed by atoms with Crippen LogP contribution in [0.15, 0.2) is 29.3 Å². The van der Waals surface area contributed by atoms with Crippen molar-refractivity contribution >= 4 is 17.9 Å². The van der Waals surface area contributed by atoms with Gasteiger partial charge in [0, 0.05) is 5.69 Å². The first-order valence-electron chi connectivity index (χ1n) is 3.69. The number of fused-ring (bicyclic) bond motifs is 1. The van der Waals surface area contributed by atoms with Gasteiger partial charge >= 0.3 is 0 Å². The zero-order valence-electron chi connectivity index (χ0n) is 6.37. The highest BCUT2D eigenvalue weighted by atomic mass is 16.1. The first kappa shape index (κ1) is 7.03. The van der Waals surface area contributed by atoms with E-state index in [4.69, 9.17) is 0 Å². The average molecular weight is 159 g/mol. The topological polar surface area (TPSA) is 41.5 Å².